The Morgan fingerprint density at radius 2 is 2.04 bits per heavy atom. The molecule has 1 aliphatic heterocycles. The topological polar surface area (TPSA) is 117 Å². The number of hydrogen-bond donors (Lipinski definition) is 2. The lowest BCUT2D eigenvalue weighted by atomic mass is 9.86. The molecule has 0 amide bonds. The van der Waals surface area contributed by atoms with Crippen molar-refractivity contribution in [2.24, 2.45) is 10.4 Å². The summed E-state index contributed by atoms with van der Waals surface area (Å²) in [7, 11) is -2.07. The number of hydrogen-bond acceptors (Lipinski definition) is 5. The van der Waals surface area contributed by atoms with Gasteiger partial charge in [-0.05, 0) is 30.7 Å². The normalized spacial score (nSPS) is 19.3. The highest BCUT2D eigenvalue weighted by Crippen LogP contribution is 2.45. The molecule has 1 heterocycles. The van der Waals surface area contributed by atoms with Crippen LogP contribution in [0, 0.1) is 15.5 Å². The Morgan fingerprint density at radius 3 is 2.71 bits per heavy atom. The van der Waals surface area contributed by atoms with Crippen LogP contribution in [0.4, 0.5) is 5.69 Å². The molecule has 1 saturated heterocycles. The van der Waals surface area contributed by atoms with Gasteiger partial charge in [0.25, 0.3) is 5.69 Å². The number of likely N-dealkylation sites (tertiary alicyclic amines) is 1. The van der Waals surface area contributed by atoms with Crippen molar-refractivity contribution < 1.29 is 13.3 Å². The molecule has 0 aromatic heterocycles. The first kappa shape index (κ1) is 20.5. The fraction of sp³-hybridized carbons (Fsp3) is 0.611. The van der Waals surface area contributed by atoms with E-state index in [0.717, 1.165) is 25.1 Å². The summed E-state index contributed by atoms with van der Waals surface area (Å²) in [4.78, 5) is 16.7. The molecule has 0 bridgehead atoms. The minimum atomic E-state index is -3.81. The van der Waals surface area contributed by atoms with Gasteiger partial charge in [-0.2, -0.15) is 0 Å². The summed E-state index contributed by atoms with van der Waals surface area (Å²) >= 11 is 0. The fourth-order valence-electron chi connectivity index (χ4n) is 4.19. The Bertz CT molecular complexity index is 849. The first-order valence-electron chi connectivity index (χ1n) is 9.55. The molecule has 1 aromatic carbocycles. The van der Waals surface area contributed by atoms with Crippen molar-refractivity contribution in [1.82, 2.24) is 14.9 Å². The molecule has 1 aromatic rings. The van der Waals surface area contributed by atoms with E-state index in [2.05, 4.69) is 19.9 Å². The van der Waals surface area contributed by atoms with Crippen LogP contribution < -0.4 is 10.0 Å². The van der Waals surface area contributed by atoms with Crippen LogP contribution in [-0.2, 0) is 10.0 Å². The van der Waals surface area contributed by atoms with E-state index in [1.165, 1.54) is 50.3 Å². The zero-order chi connectivity index (χ0) is 20.2. The number of nitro benzene ring substituents is 1. The number of sulfonamides is 1. The first-order chi connectivity index (χ1) is 13.4. The Morgan fingerprint density at radius 1 is 1.29 bits per heavy atom. The zero-order valence-corrected chi connectivity index (χ0v) is 16.9. The molecule has 0 atom stereocenters. The van der Waals surface area contributed by atoms with Gasteiger partial charge in [0.15, 0.2) is 5.96 Å². The van der Waals surface area contributed by atoms with E-state index in [1.54, 1.807) is 7.05 Å². The van der Waals surface area contributed by atoms with Crippen molar-refractivity contribution >= 4 is 21.7 Å². The van der Waals surface area contributed by atoms with Crippen LogP contribution in [0.3, 0.4) is 0 Å². The standard InChI is InChI=1S/C18H27N5O4S/c1-19-17(22-12-9-18(14-22)7-2-3-8-18)20-10-11-21-28(26,27)16-6-4-5-15(13-16)23(24)25/h4-6,13,21H,2-3,7-12,14H2,1H3,(H,19,20). The number of benzene rings is 1. The summed E-state index contributed by atoms with van der Waals surface area (Å²) in [5.41, 5.74) is 0.178. The van der Waals surface area contributed by atoms with Crippen molar-refractivity contribution in [3.8, 4) is 0 Å². The molecule has 2 aliphatic rings. The average molecular weight is 410 g/mol. The summed E-state index contributed by atoms with van der Waals surface area (Å²) in [6, 6.07) is 5.02. The van der Waals surface area contributed by atoms with E-state index in [1.807, 2.05) is 0 Å². The highest BCUT2D eigenvalue weighted by atomic mass is 32.2. The van der Waals surface area contributed by atoms with Crippen LogP contribution in [0.1, 0.15) is 32.1 Å². The fourth-order valence-corrected chi connectivity index (χ4v) is 5.26. The predicted molar refractivity (Wildman–Crippen MR) is 107 cm³/mol. The van der Waals surface area contributed by atoms with Crippen LogP contribution in [0.25, 0.3) is 0 Å². The third kappa shape index (κ3) is 4.61. The highest BCUT2D eigenvalue weighted by Gasteiger charge is 2.41. The maximum Gasteiger partial charge on any atom is 0.270 e. The van der Waals surface area contributed by atoms with E-state index < -0.39 is 14.9 Å². The largest absolute Gasteiger partial charge is 0.355 e. The van der Waals surface area contributed by atoms with Gasteiger partial charge in [-0.1, -0.05) is 18.9 Å². The van der Waals surface area contributed by atoms with Crippen molar-refractivity contribution in [1.29, 1.82) is 0 Å². The Hall–Kier alpha value is -2.20. The second-order valence-corrected chi connectivity index (χ2v) is 9.27. The van der Waals surface area contributed by atoms with Gasteiger partial charge in [0.1, 0.15) is 0 Å². The third-order valence-electron chi connectivity index (χ3n) is 5.65. The van der Waals surface area contributed by atoms with E-state index >= 15 is 0 Å². The van der Waals surface area contributed by atoms with Crippen LogP contribution in [0.15, 0.2) is 34.2 Å². The summed E-state index contributed by atoms with van der Waals surface area (Å²) in [5.74, 6) is 0.790. The Labute approximate surface area is 165 Å². The van der Waals surface area contributed by atoms with Crippen molar-refractivity contribution in [2.75, 3.05) is 33.2 Å². The minimum absolute atomic E-state index is 0.117. The molecule has 28 heavy (non-hydrogen) atoms. The molecule has 1 aliphatic carbocycles. The summed E-state index contributed by atoms with van der Waals surface area (Å²) in [6.07, 6.45) is 6.36. The molecule has 3 rings (SSSR count). The predicted octanol–water partition coefficient (Wildman–Crippen LogP) is 1.71. The smallest absolute Gasteiger partial charge is 0.270 e. The molecule has 2 fully saturated rings. The lowest BCUT2D eigenvalue weighted by Crippen LogP contribution is -2.43. The summed E-state index contributed by atoms with van der Waals surface area (Å²) in [5, 5.41) is 14.0. The molecule has 1 saturated carbocycles. The number of aliphatic imine (C=N–C) groups is 1. The third-order valence-corrected chi connectivity index (χ3v) is 7.11. The second kappa shape index (κ2) is 8.44. The van der Waals surface area contributed by atoms with Crippen molar-refractivity contribution in [3.63, 3.8) is 0 Å². The second-order valence-electron chi connectivity index (χ2n) is 7.50. The van der Waals surface area contributed by atoms with Gasteiger partial charge < -0.3 is 10.2 Å². The molecule has 10 heteroatoms. The molecular formula is C18H27N5O4S. The molecule has 0 unspecified atom stereocenters. The Balaban J connectivity index is 1.50. The van der Waals surface area contributed by atoms with Gasteiger partial charge in [-0.15, -0.1) is 0 Å². The lowest BCUT2D eigenvalue weighted by molar-refractivity contribution is -0.385. The number of nitrogens with zero attached hydrogens (tertiary/aromatic N) is 3. The van der Waals surface area contributed by atoms with E-state index in [-0.39, 0.29) is 17.1 Å². The number of non-ortho nitro benzene ring substituents is 1. The van der Waals surface area contributed by atoms with E-state index in [9.17, 15) is 18.5 Å². The van der Waals surface area contributed by atoms with Crippen LogP contribution in [0.2, 0.25) is 0 Å². The van der Waals surface area contributed by atoms with Crippen molar-refractivity contribution in [2.45, 2.75) is 37.0 Å². The van der Waals surface area contributed by atoms with Crippen molar-refractivity contribution in [3.05, 3.63) is 34.4 Å². The van der Waals surface area contributed by atoms with Gasteiger partial charge in [-0.25, -0.2) is 13.1 Å². The van der Waals surface area contributed by atoms with Gasteiger partial charge in [0, 0.05) is 45.4 Å². The Kier molecular flexibility index (Phi) is 6.19. The maximum absolute atomic E-state index is 12.3. The maximum atomic E-state index is 12.3. The molecular weight excluding hydrogens is 382 g/mol. The first-order valence-corrected chi connectivity index (χ1v) is 11.0. The van der Waals surface area contributed by atoms with Gasteiger partial charge in [0.2, 0.25) is 10.0 Å². The number of rotatable bonds is 6. The quantitative estimate of drug-likeness (QED) is 0.243. The van der Waals surface area contributed by atoms with E-state index in [4.69, 9.17) is 0 Å². The highest BCUT2D eigenvalue weighted by molar-refractivity contribution is 7.89. The van der Waals surface area contributed by atoms with E-state index in [0.29, 0.717) is 12.0 Å². The molecule has 1 spiro atoms. The molecule has 0 radical (unpaired) electrons. The average Bonchev–Trinajstić information content (AvgIpc) is 3.32. The number of guanidine groups is 1. The molecule has 2 N–H and O–H groups in total. The van der Waals surface area contributed by atoms with Gasteiger partial charge in [0.05, 0.1) is 9.82 Å². The number of nitrogens with one attached hydrogen (secondary N) is 2. The van der Waals surface area contributed by atoms with Gasteiger partial charge >= 0.3 is 0 Å². The van der Waals surface area contributed by atoms with Gasteiger partial charge in [-0.3, -0.25) is 15.1 Å². The van der Waals surface area contributed by atoms with Crippen LogP contribution >= 0.6 is 0 Å². The zero-order valence-electron chi connectivity index (χ0n) is 16.1. The molecule has 9 nitrogen and oxygen atoms in total. The number of nitro groups is 1. The SMILES string of the molecule is CN=C(NCCNS(=O)(=O)c1cccc([N+](=O)[O-])c1)N1CCC2(CCCC2)C1. The molecule has 154 valence electrons. The van der Waals surface area contributed by atoms with Crippen LogP contribution in [0.5, 0.6) is 0 Å². The monoisotopic (exact) mass is 409 g/mol. The lowest BCUT2D eigenvalue weighted by Gasteiger charge is -2.25. The summed E-state index contributed by atoms with van der Waals surface area (Å²) in [6.45, 7) is 2.51. The van der Waals surface area contributed by atoms with Crippen LogP contribution in [-0.4, -0.2) is 57.4 Å². The minimum Gasteiger partial charge on any atom is -0.355 e. The summed E-state index contributed by atoms with van der Waals surface area (Å²) < 4.78 is 27.2.